The van der Waals surface area contributed by atoms with Gasteiger partial charge in [0.25, 0.3) is 5.69 Å². The van der Waals surface area contributed by atoms with Crippen LogP contribution in [-0.4, -0.2) is 20.6 Å². The fourth-order valence-electron chi connectivity index (χ4n) is 1.90. The lowest BCUT2D eigenvalue weighted by Gasteiger charge is -2.08. The van der Waals surface area contributed by atoms with Crippen LogP contribution in [0.4, 0.5) is 11.4 Å². The molecule has 8 nitrogen and oxygen atoms in total. The van der Waals surface area contributed by atoms with E-state index in [4.69, 9.17) is 5.26 Å². The molecule has 1 N–H and O–H groups in total. The first-order chi connectivity index (χ1) is 10.5. The Morgan fingerprint density at radius 1 is 1.50 bits per heavy atom. The number of hydrogen-bond donors (Lipinski definition) is 1. The van der Waals surface area contributed by atoms with Gasteiger partial charge >= 0.3 is 0 Å². The highest BCUT2D eigenvalue weighted by molar-refractivity contribution is 5.92. The zero-order chi connectivity index (χ0) is 16.1. The number of aryl methyl sites for hydroxylation is 2. The molecule has 0 saturated heterocycles. The molecule has 1 heterocycles. The molecule has 0 spiro atoms. The lowest BCUT2D eigenvalue weighted by atomic mass is 10.1. The van der Waals surface area contributed by atoms with Gasteiger partial charge in [-0.1, -0.05) is 0 Å². The van der Waals surface area contributed by atoms with Gasteiger partial charge in [0.05, 0.1) is 16.2 Å². The van der Waals surface area contributed by atoms with E-state index in [1.54, 1.807) is 10.9 Å². The Bertz CT molecular complexity index is 760. The number of amides is 1. The fourth-order valence-corrected chi connectivity index (χ4v) is 1.90. The molecule has 2 aromatic rings. The average molecular weight is 299 g/mol. The van der Waals surface area contributed by atoms with E-state index < -0.39 is 4.92 Å². The van der Waals surface area contributed by atoms with E-state index in [1.807, 2.05) is 19.1 Å². The van der Waals surface area contributed by atoms with Gasteiger partial charge in [-0.3, -0.25) is 19.6 Å². The zero-order valence-electron chi connectivity index (χ0n) is 11.8. The summed E-state index contributed by atoms with van der Waals surface area (Å²) >= 11 is 0. The number of carbonyl (C=O) groups excluding carboxylic acids is 1. The molecule has 0 unspecified atom stereocenters. The van der Waals surface area contributed by atoms with E-state index in [-0.39, 0.29) is 29.3 Å². The average Bonchev–Trinajstić information content (AvgIpc) is 2.90. The van der Waals surface area contributed by atoms with E-state index >= 15 is 0 Å². The number of hydrogen-bond acceptors (Lipinski definition) is 5. The molecule has 1 amide bonds. The van der Waals surface area contributed by atoms with Crippen LogP contribution < -0.4 is 5.32 Å². The van der Waals surface area contributed by atoms with Gasteiger partial charge in [-0.25, -0.2) is 0 Å². The van der Waals surface area contributed by atoms with Gasteiger partial charge in [-0.15, -0.1) is 0 Å². The van der Waals surface area contributed by atoms with Gasteiger partial charge in [-0.2, -0.15) is 10.4 Å². The molecular formula is C14H13N5O3. The van der Waals surface area contributed by atoms with Crippen molar-refractivity contribution in [3.8, 4) is 6.07 Å². The molecule has 0 aliphatic carbocycles. The second kappa shape index (κ2) is 6.49. The van der Waals surface area contributed by atoms with Crippen LogP contribution in [-0.2, 0) is 11.3 Å². The minimum absolute atomic E-state index is 0.0535. The molecule has 2 rings (SSSR count). The van der Waals surface area contributed by atoms with Crippen molar-refractivity contribution in [3.05, 3.63) is 51.8 Å². The topological polar surface area (TPSA) is 114 Å². The van der Waals surface area contributed by atoms with Crippen molar-refractivity contribution in [2.75, 3.05) is 5.32 Å². The Hall–Kier alpha value is -3.21. The molecule has 0 aliphatic heterocycles. The summed E-state index contributed by atoms with van der Waals surface area (Å²) in [7, 11) is 0. The number of non-ortho nitro benzene ring substituents is 1. The maximum Gasteiger partial charge on any atom is 0.270 e. The van der Waals surface area contributed by atoms with Crippen LogP contribution in [0.25, 0.3) is 0 Å². The Balaban J connectivity index is 2.04. The van der Waals surface area contributed by atoms with Gasteiger partial charge in [0.2, 0.25) is 5.91 Å². The van der Waals surface area contributed by atoms with Crippen molar-refractivity contribution < 1.29 is 9.72 Å². The van der Waals surface area contributed by atoms with Crippen LogP contribution in [0.15, 0.2) is 30.5 Å². The molecule has 22 heavy (non-hydrogen) atoms. The molecule has 112 valence electrons. The van der Waals surface area contributed by atoms with E-state index in [9.17, 15) is 14.9 Å². The van der Waals surface area contributed by atoms with E-state index in [0.717, 1.165) is 11.8 Å². The van der Waals surface area contributed by atoms with Gasteiger partial charge in [0.15, 0.2) is 0 Å². The lowest BCUT2D eigenvalue weighted by molar-refractivity contribution is -0.384. The van der Waals surface area contributed by atoms with Crippen molar-refractivity contribution >= 4 is 17.3 Å². The molecular weight excluding hydrogens is 286 g/mol. The number of nitrogens with zero attached hydrogens (tertiary/aromatic N) is 4. The van der Waals surface area contributed by atoms with Crippen molar-refractivity contribution in [3.63, 3.8) is 0 Å². The third-order valence-electron chi connectivity index (χ3n) is 3.09. The van der Waals surface area contributed by atoms with Gasteiger partial charge in [0.1, 0.15) is 6.07 Å². The van der Waals surface area contributed by atoms with E-state index in [1.165, 1.54) is 12.1 Å². The van der Waals surface area contributed by atoms with Crippen LogP contribution in [0.3, 0.4) is 0 Å². The summed E-state index contributed by atoms with van der Waals surface area (Å²) in [6, 6.07) is 7.40. The maximum atomic E-state index is 11.9. The van der Waals surface area contributed by atoms with Gasteiger partial charge < -0.3 is 5.32 Å². The number of aromatic nitrogens is 2. The number of nitro benzene ring substituents is 1. The summed E-state index contributed by atoms with van der Waals surface area (Å²) in [6.45, 7) is 2.30. The highest BCUT2D eigenvalue weighted by Gasteiger charge is 2.12. The molecule has 8 heteroatoms. The molecule has 1 aromatic carbocycles. The molecule has 0 radical (unpaired) electrons. The lowest BCUT2D eigenvalue weighted by Crippen LogP contribution is -2.16. The number of rotatable bonds is 5. The second-order valence-electron chi connectivity index (χ2n) is 4.59. The summed E-state index contributed by atoms with van der Waals surface area (Å²) < 4.78 is 1.70. The summed E-state index contributed by atoms with van der Waals surface area (Å²) in [5.41, 5.74) is 1.07. The molecule has 0 bridgehead atoms. The smallest absolute Gasteiger partial charge is 0.270 e. The third kappa shape index (κ3) is 3.46. The summed E-state index contributed by atoms with van der Waals surface area (Å²) in [5, 5.41) is 26.3. The first-order valence-electron chi connectivity index (χ1n) is 6.48. The summed E-state index contributed by atoms with van der Waals surface area (Å²) in [5.74, 6) is -0.291. The van der Waals surface area contributed by atoms with Crippen LogP contribution in [0, 0.1) is 28.4 Å². The van der Waals surface area contributed by atoms with E-state index in [0.29, 0.717) is 6.54 Å². The predicted molar refractivity (Wildman–Crippen MR) is 78.0 cm³/mol. The number of nitriles is 1. The van der Waals surface area contributed by atoms with E-state index in [2.05, 4.69) is 10.4 Å². The molecule has 0 fully saturated rings. The predicted octanol–water partition coefficient (Wildman–Crippen LogP) is 2.00. The summed E-state index contributed by atoms with van der Waals surface area (Å²) in [4.78, 5) is 22.0. The fraction of sp³-hybridized carbons (Fsp3) is 0.214. The van der Waals surface area contributed by atoms with Crippen molar-refractivity contribution in [2.45, 2.75) is 19.9 Å². The highest BCUT2D eigenvalue weighted by Crippen LogP contribution is 2.21. The Kier molecular flexibility index (Phi) is 4.48. The summed E-state index contributed by atoms with van der Waals surface area (Å²) in [6.07, 6.45) is 1.84. The third-order valence-corrected chi connectivity index (χ3v) is 3.09. The van der Waals surface area contributed by atoms with Crippen LogP contribution in [0.5, 0.6) is 0 Å². The number of nitrogens with one attached hydrogen (secondary N) is 1. The number of nitro groups is 1. The molecule has 0 atom stereocenters. The quantitative estimate of drug-likeness (QED) is 0.670. The number of anilines is 1. The Labute approximate surface area is 126 Å². The van der Waals surface area contributed by atoms with Crippen molar-refractivity contribution in [1.29, 1.82) is 5.26 Å². The number of benzene rings is 1. The monoisotopic (exact) mass is 299 g/mol. The Morgan fingerprint density at radius 2 is 2.27 bits per heavy atom. The van der Waals surface area contributed by atoms with Crippen molar-refractivity contribution in [1.82, 2.24) is 9.78 Å². The Morgan fingerprint density at radius 3 is 2.86 bits per heavy atom. The number of carbonyl (C=O) groups is 1. The standard InChI is InChI=1S/C14H13N5O3/c1-10-4-6-16-18(10)7-5-14(20)17-13-3-2-12(19(21)22)8-11(13)9-15/h2-4,6,8H,5,7H2,1H3,(H,17,20). The van der Waals surface area contributed by atoms with Crippen LogP contribution in [0.1, 0.15) is 17.7 Å². The molecule has 0 saturated carbocycles. The largest absolute Gasteiger partial charge is 0.325 e. The van der Waals surface area contributed by atoms with Crippen LogP contribution in [0.2, 0.25) is 0 Å². The maximum absolute atomic E-state index is 11.9. The molecule has 0 aliphatic rings. The highest BCUT2D eigenvalue weighted by atomic mass is 16.6. The van der Waals surface area contributed by atoms with Crippen molar-refractivity contribution in [2.24, 2.45) is 0 Å². The minimum Gasteiger partial charge on any atom is -0.325 e. The zero-order valence-corrected chi connectivity index (χ0v) is 11.8. The van der Waals surface area contributed by atoms with Gasteiger partial charge in [-0.05, 0) is 19.1 Å². The minimum atomic E-state index is -0.590. The SMILES string of the molecule is Cc1ccnn1CCC(=O)Nc1ccc([N+](=O)[O-])cc1C#N. The van der Waals surface area contributed by atoms with Gasteiger partial charge in [0, 0.05) is 37.0 Å². The first-order valence-corrected chi connectivity index (χ1v) is 6.48. The first kappa shape index (κ1) is 15.2. The van der Waals surface area contributed by atoms with Crippen LogP contribution >= 0.6 is 0 Å². The normalized spacial score (nSPS) is 10.0. The second-order valence-corrected chi connectivity index (χ2v) is 4.59. The molecule has 1 aromatic heterocycles.